The van der Waals surface area contributed by atoms with E-state index in [2.05, 4.69) is 0 Å². The van der Waals surface area contributed by atoms with E-state index in [9.17, 15) is 23.9 Å². The number of carbonyl (C=O) groups is 2. The molecule has 2 aromatic carbocycles. The van der Waals surface area contributed by atoms with Crippen LogP contribution in [-0.2, 0) is 11.3 Å². The molecule has 10 heteroatoms. The van der Waals surface area contributed by atoms with Crippen molar-refractivity contribution < 1.29 is 23.5 Å². The number of rotatable bonds is 5. The lowest BCUT2D eigenvalue weighted by Crippen LogP contribution is -2.39. The Bertz CT molecular complexity index is 1330. The van der Waals surface area contributed by atoms with Crippen molar-refractivity contribution in [1.29, 1.82) is 0 Å². The smallest absolute Gasteiger partial charge is 0.341 e. The highest BCUT2D eigenvalue weighted by atomic mass is 35.5. The van der Waals surface area contributed by atoms with Crippen LogP contribution in [0.25, 0.3) is 10.9 Å². The molecule has 33 heavy (non-hydrogen) atoms. The fraction of sp³-hybridized carbons (Fsp3) is 0.261. The van der Waals surface area contributed by atoms with Crippen molar-refractivity contribution in [2.45, 2.75) is 19.4 Å². The topological polar surface area (TPSA) is 106 Å². The summed E-state index contributed by atoms with van der Waals surface area (Å²) in [7, 11) is 0. The van der Waals surface area contributed by atoms with Crippen molar-refractivity contribution in [3.63, 3.8) is 0 Å². The minimum Gasteiger partial charge on any atom is -0.477 e. The second-order valence-corrected chi connectivity index (χ2v) is 8.43. The van der Waals surface area contributed by atoms with Crippen LogP contribution in [0.4, 0.5) is 14.5 Å². The Balaban J connectivity index is 1.84. The van der Waals surface area contributed by atoms with Gasteiger partial charge in [-0.25, -0.2) is 13.6 Å². The number of carboxylic acids is 1. The SMILES string of the molecule is NC(=O)C1CCN(c2cc3c(cc2F)c(=O)c(C(=O)O)cn3Cc2ccc(F)cc2Cl)CC1. The molecule has 0 unspecified atom stereocenters. The Morgan fingerprint density at radius 1 is 1.15 bits per heavy atom. The fourth-order valence-electron chi connectivity index (χ4n) is 4.16. The number of aromatic carboxylic acids is 1. The van der Waals surface area contributed by atoms with Crippen LogP contribution in [-0.4, -0.2) is 34.6 Å². The normalized spacial score (nSPS) is 14.6. The van der Waals surface area contributed by atoms with Gasteiger partial charge in [-0.1, -0.05) is 17.7 Å². The number of benzene rings is 2. The number of anilines is 1. The Kier molecular flexibility index (Phi) is 6.07. The van der Waals surface area contributed by atoms with Crippen molar-refractivity contribution in [3.05, 3.63) is 74.5 Å². The first-order chi connectivity index (χ1) is 15.7. The van der Waals surface area contributed by atoms with Gasteiger partial charge in [0.2, 0.25) is 11.3 Å². The highest BCUT2D eigenvalue weighted by Crippen LogP contribution is 2.30. The van der Waals surface area contributed by atoms with Gasteiger partial charge in [-0.05, 0) is 42.7 Å². The van der Waals surface area contributed by atoms with Gasteiger partial charge in [0.15, 0.2) is 0 Å². The Morgan fingerprint density at radius 2 is 1.85 bits per heavy atom. The molecule has 0 radical (unpaired) electrons. The van der Waals surface area contributed by atoms with Crippen LogP contribution in [0.3, 0.4) is 0 Å². The molecule has 1 amide bonds. The van der Waals surface area contributed by atoms with Crippen LogP contribution in [0.1, 0.15) is 28.8 Å². The Labute approximate surface area is 192 Å². The molecule has 0 saturated carbocycles. The van der Waals surface area contributed by atoms with Gasteiger partial charge in [0.05, 0.1) is 11.2 Å². The van der Waals surface area contributed by atoms with Gasteiger partial charge >= 0.3 is 5.97 Å². The number of primary amides is 1. The summed E-state index contributed by atoms with van der Waals surface area (Å²) < 4.78 is 30.0. The lowest BCUT2D eigenvalue weighted by atomic mass is 9.95. The van der Waals surface area contributed by atoms with Crippen LogP contribution in [0, 0.1) is 17.6 Å². The number of nitrogens with zero attached hydrogens (tertiary/aromatic N) is 2. The summed E-state index contributed by atoms with van der Waals surface area (Å²) in [6.07, 6.45) is 2.12. The molecule has 0 spiro atoms. The third-order valence-electron chi connectivity index (χ3n) is 5.97. The van der Waals surface area contributed by atoms with E-state index < -0.39 is 28.6 Å². The van der Waals surface area contributed by atoms with Gasteiger partial charge < -0.3 is 20.3 Å². The number of carboxylic acid groups (broad SMARTS) is 1. The molecule has 0 atom stereocenters. The van der Waals surface area contributed by atoms with E-state index in [1.807, 2.05) is 0 Å². The second kappa shape index (κ2) is 8.82. The van der Waals surface area contributed by atoms with Crippen molar-refractivity contribution in [3.8, 4) is 0 Å². The van der Waals surface area contributed by atoms with Crippen LogP contribution in [0.5, 0.6) is 0 Å². The molecule has 1 aliphatic rings. The summed E-state index contributed by atoms with van der Waals surface area (Å²) in [4.78, 5) is 37.6. The third-order valence-corrected chi connectivity index (χ3v) is 6.32. The minimum atomic E-state index is -1.45. The molecular formula is C23H20ClF2N3O4. The molecule has 172 valence electrons. The molecule has 2 heterocycles. The number of hydrogen-bond acceptors (Lipinski definition) is 4. The molecule has 0 aliphatic carbocycles. The summed E-state index contributed by atoms with van der Waals surface area (Å²) in [6.45, 7) is 0.833. The van der Waals surface area contributed by atoms with Crippen molar-refractivity contribution in [1.82, 2.24) is 4.57 Å². The van der Waals surface area contributed by atoms with Gasteiger partial charge in [0.1, 0.15) is 17.2 Å². The molecule has 7 nitrogen and oxygen atoms in total. The first kappa shape index (κ1) is 22.7. The highest BCUT2D eigenvalue weighted by molar-refractivity contribution is 6.31. The van der Waals surface area contributed by atoms with Gasteiger partial charge in [-0.15, -0.1) is 0 Å². The number of halogens is 3. The zero-order valence-electron chi connectivity index (χ0n) is 17.4. The number of pyridine rings is 1. The molecule has 1 aromatic heterocycles. The molecule has 3 aromatic rings. The van der Waals surface area contributed by atoms with Gasteiger partial charge in [0.25, 0.3) is 0 Å². The molecule has 1 fully saturated rings. The number of carbonyl (C=O) groups excluding carboxylic acids is 1. The number of amides is 1. The largest absolute Gasteiger partial charge is 0.477 e. The van der Waals surface area contributed by atoms with Crippen molar-refractivity contribution >= 4 is 40.1 Å². The third kappa shape index (κ3) is 4.41. The quantitative estimate of drug-likeness (QED) is 0.588. The van der Waals surface area contributed by atoms with E-state index >= 15 is 4.39 Å². The average molecular weight is 476 g/mol. The lowest BCUT2D eigenvalue weighted by Gasteiger charge is -2.32. The molecule has 3 N–H and O–H groups in total. The number of aromatic nitrogens is 1. The predicted molar refractivity (Wildman–Crippen MR) is 120 cm³/mol. The maximum Gasteiger partial charge on any atom is 0.341 e. The minimum absolute atomic E-state index is 0.0327. The Morgan fingerprint density at radius 3 is 2.45 bits per heavy atom. The lowest BCUT2D eigenvalue weighted by molar-refractivity contribution is -0.122. The number of fused-ring (bicyclic) bond motifs is 1. The second-order valence-electron chi connectivity index (χ2n) is 8.03. The zero-order chi connectivity index (χ0) is 23.9. The summed E-state index contributed by atoms with van der Waals surface area (Å²) >= 11 is 6.14. The maximum atomic E-state index is 15.0. The first-order valence-electron chi connectivity index (χ1n) is 10.2. The van der Waals surface area contributed by atoms with Gasteiger partial charge in [0, 0.05) is 42.2 Å². The van der Waals surface area contributed by atoms with Crippen molar-refractivity contribution in [2.24, 2.45) is 11.7 Å². The standard InChI is InChI=1S/C23H20ClF2N3O4/c24-17-7-14(25)2-1-13(17)10-29-11-16(23(32)33)21(30)15-8-18(26)20(9-19(15)29)28-5-3-12(4-6-28)22(27)31/h1-2,7-9,11-12H,3-6,10H2,(H2,27,31)(H,32,33). The molecule has 1 aliphatic heterocycles. The maximum absolute atomic E-state index is 15.0. The number of nitrogens with two attached hydrogens (primary N) is 1. The van der Waals surface area contributed by atoms with E-state index in [0.29, 0.717) is 37.0 Å². The van der Waals surface area contributed by atoms with E-state index in [1.54, 1.807) is 4.90 Å². The van der Waals surface area contributed by atoms with Crippen LogP contribution in [0.2, 0.25) is 5.02 Å². The molecular weight excluding hydrogens is 456 g/mol. The summed E-state index contributed by atoms with van der Waals surface area (Å²) in [5.74, 6) is -3.31. The van der Waals surface area contributed by atoms with Crippen LogP contribution < -0.4 is 16.1 Å². The molecule has 4 rings (SSSR count). The van der Waals surface area contributed by atoms with E-state index in [4.69, 9.17) is 17.3 Å². The van der Waals surface area contributed by atoms with E-state index in [0.717, 1.165) is 12.1 Å². The zero-order valence-corrected chi connectivity index (χ0v) is 18.1. The summed E-state index contributed by atoms with van der Waals surface area (Å²) in [6, 6.07) is 6.33. The number of hydrogen-bond donors (Lipinski definition) is 2. The molecule has 0 bridgehead atoms. The van der Waals surface area contributed by atoms with Gasteiger partial charge in [-0.2, -0.15) is 0 Å². The Hall–Kier alpha value is -3.46. The van der Waals surface area contributed by atoms with E-state index in [1.165, 1.54) is 29.0 Å². The van der Waals surface area contributed by atoms with Crippen LogP contribution >= 0.6 is 11.6 Å². The number of piperidine rings is 1. The average Bonchev–Trinajstić information content (AvgIpc) is 2.77. The highest BCUT2D eigenvalue weighted by Gasteiger charge is 2.26. The fourth-order valence-corrected chi connectivity index (χ4v) is 4.39. The van der Waals surface area contributed by atoms with Crippen LogP contribution in [0.15, 0.2) is 41.3 Å². The molecule has 1 saturated heterocycles. The first-order valence-corrected chi connectivity index (χ1v) is 10.6. The monoisotopic (exact) mass is 475 g/mol. The summed E-state index contributed by atoms with van der Waals surface area (Å²) in [5, 5.41) is 9.51. The van der Waals surface area contributed by atoms with Crippen molar-refractivity contribution in [2.75, 3.05) is 18.0 Å². The van der Waals surface area contributed by atoms with E-state index in [-0.39, 0.29) is 34.5 Å². The van der Waals surface area contributed by atoms with Gasteiger partial charge in [-0.3, -0.25) is 9.59 Å². The predicted octanol–water partition coefficient (Wildman–Crippen LogP) is 3.38. The summed E-state index contributed by atoms with van der Waals surface area (Å²) in [5.41, 5.74) is 5.07.